The third-order valence-electron chi connectivity index (χ3n) is 4.25. The molecule has 2 aromatic carbocycles. The third-order valence-corrected chi connectivity index (χ3v) is 5.68. The number of allylic oxidation sites excluding steroid dienone is 1. The zero-order valence-corrected chi connectivity index (χ0v) is 17.1. The van der Waals surface area contributed by atoms with E-state index in [0.717, 1.165) is 27.7 Å². The van der Waals surface area contributed by atoms with Crippen LogP contribution in [-0.4, -0.2) is 9.97 Å². The van der Waals surface area contributed by atoms with Crippen molar-refractivity contribution in [3.63, 3.8) is 0 Å². The van der Waals surface area contributed by atoms with Crippen LogP contribution in [0.3, 0.4) is 0 Å². The van der Waals surface area contributed by atoms with Crippen LogP contribution in [0.15, 0.2) is 53.9 Å². The van der Waals surface area contributed by atoms with E-state index in [1.807, 2.05) is 60.8 Å². The van der Waals surface area contributed by atoms with E-state index in [9.17, 15) is 5.26 Å². The molecule has 28 heavy (non-hydrogen) atoms. The van der Waals surface area contributed by atoms with Gasteiger partial charge in [0.2, 0.25) is 0 Å². The summed E-state index contributed by atoms with van der Waals surface area (Å²) < 4.78 is 0. The van der Waals surface area contributed by atoms with Crippen LogP contribution in [0, 0.1) is 18.3 Å². The van der Waals surface area contributed by atoms with Gasteiger partial charge in [0, 0.05) is 26.9 Å². The summed E-state index contributed by atoms with van der Waals surface area (Å²) >= 11 is 13.7. The molecule has 0 radical (unpaired) electrons. The van der Waals surface area contributed by atoms with Crippen LogP contribution in [0.25, 0.3) is 33.8 Å². The zero-order valence-electron chi connectivity index (χ0n) is 14.8. The van der Waals surface area contributed by atoms with Gasteiger partial charge in [0.15, 0.2) is 0 Å². The predicted octanol–water partition coefficient (Wildman–Crippen LogP) is 7.04. The third kappa shape index (κ3) is 3.79. The summed E-state index contributed by atoms with van der Waals surface area (Å²) in [6.45, 7) is 2.03. The number of hydrogen-bond acceptors (Lipinski definition) is 4. The number of aryl methyl sites for hydroxylation is 1. The van der Waals surface area contributed by atoms with Gasteiger partial charge in [-0.25, -0.2) is 9.97 Å². The van der Waals surface area contributed by atoms with Crippen LogP contribution in [0.4, 0.5) is 0 Å². The summed E-state index contributed by atoms with van der Waals surface area (Å²) in [6.07, 6.45) is 1.74. The fourth-order valence-electron chi connectivity index (χ4n) is 2.84. The fourth-order valence-corrected chi connectivity index (χ4v) is 3.96. The van der Waals surface area contributed by atoms with E-state index in [0.29, 0.717) is 26.3 Å². The Bertz CT molecular complexity index is 1250. The molecular formula is C22H13Cl2N3S. The Morgan fingerprint density at radius 2 is 1.86 bits per heavy atom. The molecule has 0 amide bonds. The maximum absolute atomic E-state index is 9.67. The van der Waals surface area contributed by atoms with Gasteiger partial charge in [-0.3, -0.25) is 0 Å². The Balaban J connectivity index is 1.74. The number of fused-ring (bicyclic) bond motifs is 1. The Morgan fingerprint density at radius 1 is 1.07 bits per heavy atom. The lowest BCUT2D eigenvalue weighted by molar-refractivity contribution is 1.36. The molecule has 0 bridgehead atoms. The van der Waals surface area contributed by atoms with Crippen molar-refractivity contribution in [2.24, 2.45) is 0 Å². The quantitative estimate of drug-likeness (QED) is 0.263. The second-order valence-electron chi connectivity index (χ2n) is 6.28. The number of halogens is 2. The van der Waals surface area contributed by atoms with E-state index in [-0.39, 0.29) is 0 Å². The van der Waals surface area contributed by atoms with Crippen LogP contribution >= 0.6 is 34.5 Å². The average molecular weight is 422 g/mol. The van der Waals surface area contributed by atoms with Gasteiger partial charge in [-0.1, -0.05) is 47.0 Å². The van der Waals surface area contributed by atoms with Crippen molar-refractivity contribution in [3.05, 3.63) is 80.2 Å². The molecule has 0 N–H and O–H groups in total. The average Bonchev–Trinajstić information content (AvgIpc) is 3.17. The Kier molecular flexibility index (Phi) is 5.15. The van der Waals surface area contributed by atoms with Gasteiger partial charge >= 0.3 is 0 Å². The molecule has 0 atom stereocenters. The predicted molar refractivity (Wildman–Crippen MR) is 118 cm³/mol. The smallest absolute Gasteiger partial charge is 0.137 e. The first-order chi connectivity index (χ1) is 13.5. The summed E-state index contributed by atoms with van der Waals surface area (Å²) in [5, 5.41) is 14.2. The van der Waals surface area contributed by atoms with Crippen molar-refractivity contribution in [1.82, 2.24) is 9.97 Å². The molecule has 0 unspecified atom stereocenters. The first-order valence-electron chi connectivity index (χ1n) is 8.44. The van der Waals surface area contributed by atoms with Gasteiger partial charge in [-0.15, -0.1) is 11.3 Å². The van der Waals surface area contributed by atoms with Crippen LogP contribution in [-0.2, 0) is 0 Å². The number of nitrogens with zero attached hydrogens (tertiary/aromatic N) is 3. The molecule has 4 aromatic rings. The number of nitriles is 1. The molecule has 3 nitrogen and oxygen atoms in total. The topological polar surface area (TPSA) is 49.6 Å². The summed E-state index contributed by atoms with van der Waals surface area (Å²) in [5.41, 5.74) is 4.85. The molecule has 0 aliphatic carbocycles. The minimum Gasteiger partial charge on any atom is -0.235 e. The Labute approximate surface area is 176 Å². The van der Waals surface area contributed by atoms with Crippen molar-refractivity contribution in [2.45, 2.75) is 6.92 Å². The standard InChI is InChI=1S/C22H13Cl2N3S/c1-13-2-7-19-15(8-13)9-16(21(24)26-19)10-17(11-25)22-27-20(12-28-22)14-3-5-18(23)6-4-14/h2-10,12H,1H3. The Hall–Kier alpha value is -2.71. The van der Waals surface area contributed by atoms with Crippen LogP contribution in [0.1, 0.15) is 16.1 Å². The molecule has 0 saturated heterocycles. The van der Waals surface area contributed by atoms with Gasteiger partial charge in [-0.05, 0) is 43.3 Å². The molecule has 0 saturated carbocycles. The molecule has 4 rings (SSSR count). The molecular weight excluding hydrogens is 409 g/mol. The second kappa shape index (κ2) is 7.73. The number of pyridine rings is 1. The van der Waals surface area contributed by atoms with Crippen molar-refractivity contribution in [2.75, 3.05) is 0 Å². The van der Waals surface area contributed by atoms with Crippen molar-refractivity contribution >= 4 is 57.1 Å². The van der Waals surface area contributed by atoms with Gasteiger partial charge in [0.05, 0.1) is 16.8 Å². The molecule has 2 aromatic heterocycles. The highest BCUT2D eigenvalue weighted by Crippen LogP contribution is 2.30. The van der Waals surface area contributed by atoms with Gasteiger partial charge in [0.1, 0.15) is 16.2 Å². The molecule has 6 heteroatoms. The lowest BCUT2D eigenvalue weighted by Gasteiger charge is -2.04. The van der Waals surface area contributed by atoms with E-state index in [4.69, 9.17) is 23.2 Å². The van der Waals surface area contributed by atoms with Crippen molar-refractivity contribution < 1.29 is 0 Å². The normalized spacial score (nSPS) is 11.6. The number of benzene rings is 2. The van der Waals surface area contributed by atoms with E-state index in [2.05, 4.69) is 16.0 Å². The monoisotopic (exact) mass is 421 g/mol. The molecule has 136 valence electrons. The van der Waals surface area contributed by atoms with Crippen LogP contribution < -0.4 is 0 Å². The summed E-state index contributed by atoms with van der Waals surface area (Å²) in [4.78, 5) is 9.05. The molecule has 0 aliphatic rings. The SMILES string of the molecule is Cc1ccc2nc(Cl)c(C=C(C#N)c3nc(-c4ccc(Cl)cc4)cs3)cc2c1. The van der Waals surface area contributed by atoms with Crippen molar-refractivity contribution in [1.29, 1.82) is 5.26 Å². The summed E-state index contributed by atoms with van der Waals surface area (Å²) in [6, 6.07) is 17.6. The van der Waals surface area contributed by atoms with Crippen molar-refractivity contribution in [3.8, 4) is 17.3 Å². The molecule has 0 fully saturated rings. The minimum absolute atomic E-state index is 0.360. The zero-order chi connectivity index (χ0) is 19.7. The lowest BCUT2D eigenvalue weighted by Crippen LogP contribution is -1.88. The van der Waals surface area contributed by atoms with Crippen LogP contribution in [0.2, 0.25) is 10.2 Å². The first-order valence-corrected chi connectivity index (χ1v) is 10.1. The maximum atomic E-state index is 9.67. The van der Waals surface area contributed by atoms with E-state index < -0.39 is 0 Å². The molecule has 2 heterocycles. The largest absolute Gasteiger partial charge is 0.235 e. The van der Waals surface area contributed by atoms with Crippen LogP contribution in [0.5, 0.6) is 0 Å². The van der Waals surface area contributed by atoms with Gasteiger partial charge < -0.3 is 0 Å². The van der Waals surface area contributed by atoms with Gasteiger partial charge in [-0.2, -0.15) is 5.26 Å². The first kappa shape index (κ1) is 18.6. The molecule has 0 aliphatic heterocycles. The highest BCUT2D eigenvalue weighted by Gasteiger charge is 2.11. The minimum atomic E-state index is 0.360. The molecule has 0 spiro atoms. The Morgan fingerprint density at radius 3 is 2.61 bits per heavy atom. The van der Waals surface area contributed by atoms with Gasteiger partial charge in [0.25, 0.3) is 0 Å². The van der Waals surface area contributed by atoms with E-state index in [1.54, 1.807) is 6.08 Å². The second-order valence-corrected chi connectivity index (χ2v) is 7.93. The highest BCUT2D eigenvalue weighted by molar-refractivity contribution is 7.11. The number of hydrogen-bond donors (Lipinski definition) is 0. The summed E-state index contributed by atoms with van der Waals surface area (Å²) in [7, 11) is 0. The lowest BCUT2D eigenvalue weighted by atomic mass is 10.1. The maximum Gasteiger partial charge on any atom is 0.137 e. The number of aromatic nitrogens is 2. The highest BCUT2D eigenvalue weighted by atomic mass is 35.5. The van der Waals surface area contributed by atoms with E-state index >= 15 is 0 Å². The fraction of sp³-hybridized carbons (Fsp3) is 0.0455. The number of thiazole rings is 1. The van der Waals surface area contributed by atoms with E-state index in [1.165, 1.54) is 11.3 Å². The summed E-state index contributed by atoms with van der Waals surface area (Å²) in [5.74, 6) is 0. The number of rotatable bonds is 3.